The molecule has 0 saturated heterocycles. The highest BCUT2D eigenvalue weighted by molar-refractivity contribution is 7.15. The summed E-state index contributed by atoms with van der Waals surface area (Å²) in [5.74, 6) is 0. The van der Waals surface area contributed by atoms with Crippen LogP contribution in [-0.2, 0) is 11.8 Å². The third-order valence-electron chi connectivity index (χ3n) is 3.67. The lowest BCUT2D eigenvalue weighted by Gasteiger charge is -2.25. The molecule has 0 bridgehead atoms. The standard InChI is InChI=1S/C17H20N2OS/c1-17(2,3)14-7-5-4-6-13(14)15(20)10-12-11-19-8-9-21-16(19)18-12/h4-9,11,15,20H,10H2,1-3H3. The lowest BCUT2D eigenvalue weighted by atomic mass is 9.82. The van der Waals surface area contributed by atoms with E-state index >= 15 is 0 Å². The third-order valence-corrected chi connectivity index (χ3v) is 4.44. The molecule has 0 aliphatic rings. The van der Waals surface area contributed by atoms with Gasteiger partial charge in [-0.05, 0) is 16.5 Å². The van der Waals surface area contributed by atoms with E-state index < -0.39 is 6.10 Å². The number of aliphatic hydroxyl groups is 1. The van der Waals surface area contributed by atoms with Gasteiger partial charge in [0.15, 0.2) is 4.96 Å². The Balaban J connectivity index is 1.88. The highest BCUT2D eigenvalue weighted by atomic mass is 32.1. The maximum Gasteiger partial charge on any atom is 0.193 e. The Hall–Kier alpha value is -1.65. The Morgan fingerprint density at radius 2 is 2.05 bits per heavy atom. The molecule has 110 valence electrons. The number of fused-ring (bicyclic) bond motifs is 1. The number of thiazole rings is 1. The van der Waals surface area contributed by atoms with E-state index in [-0.39, 0.29) is 5.41 Å². The second-order valence-electron chi connectivity index (χ2n) is 6.38. The fraction of sp³-hybridized carbons (Fsp3) is 0.353. The molecule has 21 heavy (non-hydrogen) atoms. The number of imidazole rings is 1. The second kappa shape index (κ2) is 5.28. The van der Waals surface area contributed by atoms with Gasteiger partial charge in [-0.25, -0.2) is 4.98 Å². The molecule has 2 heterocycles. The van der Waals surface area contributed by atoms with Crippen LogP contribution < -0.4 is 0 Å². The summed E-state index contributed by atoms with van der Waals surface area (Å²) in [7, 11) is 0. The Labute approximate surface area is 128 Å². The number of nitrogens with zero attached hydrogens (tertiary/aromatic N) is 2. The fourth-order valence-electron chi connectivity index (χ4n) is 2.65. The first kappa shape index (κ1) is 14.3. The zero-order valence-corrected chi connectivity index (χ0v) is 13.4. The molecule has 3 rings (SSSR count). The molecule has 0 spiro atoms. The van der Waals surface area contributed by atoms with Gasteiger partial charge in [0.05, 0.1) is 11.8 Å². The molecule has 3 aromatic rings. The van der Waals surface area contributed by atoms with Crippen LogP contribution in [0.4, 0.5) is 0 Å². The number of rotatable bonds is 3. The minimum Gasteiger partial charge on any atom is -0.388 e. The molecule has 1 N–H and O–H groups in total. The summed E-state index contributed by atoms with van der Waals surface area (Å²) in [6, 6.07) is 8.14. The molecule has 0 amide bonds. The van der Waals surface area contributed by atoms with Crippen LogP contribution in [0.2, 0.25) is 0 Å². The molecule has 0 saturated carbocycles. The first-order valence-electron chi connectivity index (χ1n) is 7.14. The number of hydrogen-bond donors (Lipinski definition) is 1. The summed E-state index contributed by atoms with van der Waals surface area (Å²) < 4.78 is 2.00. The third kappa shape index (κ3) is 2.87. The smallest absolute Gasteiger partial charge is 0.193 e. The largest absolute Gasteiger partial charge is 0.388 e. The fourth-order valence-corrected chi connectivity index (χ4v) is 3.37. The van der Waals surface area contributed by atoms with Gasteiger partial charge in [0.2, 0.25) is 0 Å². The minimum absolute atomic E-state index is 0.0200. The molecule has 0 fully saturated rings. The van der Waals surface area contributed by atoms with Crippen LogP contribution in [0.1, 0.15) is 43.7 Å². The maximum absolute atomic E-state index is 10.6. The van der Waals surface area contributed by atoms with E-state index in [0.717, 1.165) is 16.2 Å². The predicted molar refractivity (Wildman–Crippen MR) is 86.9 cm³/mol. The Kier molecular flexibility index (Phi) is 3.59. The summed E-state index contributed by atoms with van der Waals surface area (Å²) >= 11 is 1.61. The van der Waals surface area contributed by atoms with E-state index in [1.165, 1.54) is 5.56 Å². The van der Waals surface area contributed by atoms with Gasteiger partial charge >= 0.3 is 0 Å². The summed E-state index contributed by atoms with van der Waals surface area (Å²) in [6.45, 7) is 6.52. The lowest BCUT2D eigenvalue weighted by Crippen LogP contribution is -2.17. The van der Waals surface area contributed by atoms with Gasteiger partial charge in [-0.3, -0.25) is 4.40 Å². The number of aliphatic hydroxyl groups excluding tert-OH is 1. The van der Waals surface area contributed by atoms with E-state index in [1.807, 2.05) is 40.4 Å². The first-order valence-corrected chi connectivity index (χ1v) is 8.01. The minimum atomic E-state index is -0.523. The average molecular weight is 300 g/mol. The molecule has 4 heteroatoms. The SMILES string of the molecule is CC(C)(C)c1ccccc1C(O)Cc1cn2ccsc2n1. The maximum atomic E-state index is 10.6. The summed E-state index contributed by atoms with van der Waals surface area (Å²) in [5.41, 5.74) is 3.14. The van der Waals surface area contributed by atoms with Crippen LogP contribution in [0.3, 0.4) is 0 Å². The van der Waals surface area contributed by atoms with E-state index in [0.29, 0.717) is 6.42 Å². The van der Waals surface area contributed by atoms with Crippen molar-refractivity contribution in [2.24, 2.45) is 0 Å². The molecule has 1 aromatic carbocycles. The van der Waals surface area contributed by atoms with Gasteiger partial charge in [0.25, 0.3) is 0 Å². The van der Waals surface area contributed by atoms with E-state index in [2.05, 4.69) is 31.8 Å². The van der Waals surface area contributed by atoms with Gasteiger partial charge in [-0.2, -0.15) is 0 Å². The van der Waals surface area contributed by atoms with Crippen molar-refractivity contribution in [3.8, 4) is 0 Å². The van der Waals surface area contributed by atoms with Crippen LogP contribution >= 0.6 is 11.3 Å². The monoisotopic (exact) mass is 300 g/mol. The van der Waals surface area contributed by atoms with Crippen molar-refractivity contribution in [3.63, 3.8) is 0 Å². The van der Waals surface area contributed by atoms with Crippen molar-refractivity contribution in [3.05, 3.63) is 58.9 Å². The second-order valence-corrected chi connectivity index (χ2v) is 7.26. The van der Waals surface area contributed by atoms with Crippen molar-refractivity contribution < 1.29 is 5.11 Å². The summed E-state index contributed by atoms with van der Waals surface area (Å²) in [6.07, 6.45) is 4.01. The molecule has 0 aliphatic heterocycles. The Morgan fingerprint density at radius 1 is 1.29 bits per heavy atom. The molecule has 1 unspecified atom stereocenters. The lowest BCUT2D eigenvalue weighted by molar-refractivity contribution is 0.175. The van der Waals surface area contributed by atoms with Gasteiger partial charge in [-0.1, -0.05) is 45.0 Å². The Bertz CT molecular complexity index is 723. The van der Waals surface area contributed by atoms with E-state index in [9.17, 15) is 5.11 Å². The molecule has 0 radical (unpaired) electrons. The zero-order valence-electron chi connectivity index (χ0n) is 12.6. The molecule has 2 aromatic heterocycles. The molecule has 3 nitrogen and oxygen atoms in total. The predicted octanol–water partition coefficient (Wildman–Crippen LogP) is 3.97. The van der Waals surface area contributed by atoms with Crippen LogP contribution in [0.15, 0.2) is 42.0 Å². The van der Waals surface area contributed by atoms with E-state index in [1.54, 1.807) is 11.3 Å². The topological polar surface area (TPSA) is 37.5 Å². The van der Waals surface area contributed by atoms with Crippen molar-refractivity contribution >= 4 is 16.3 Å². The molecule has 1 atom stereocenters. The van der Waals surface area contributed by atoms with Gasteiger partial charge < -0.3 is 5.11 Å². The summed E-state index contributed by atoms with van der Waals surface area (Å²) in [4.78, 5) is 5.52. The zero-order chi connectivity index (χ0) is 15.0. The Morgan fingerprint density at radius 3 is 2.76 bits per heavy atom. The number of aromatic nitrogens is 2. The molecular weight excluding hydrogens is 280 g/mol. The van der Waals surface area contributed by atoms with Crippen molar-refractivity contribution in [2.45, 2.75) is 38.7 Å². The van der Waals surface area contributed by atoms with Gasteiger partial charge in [0, 0.05) is 24.2 Å². The van der Waals surface area contributed by atoms with Crippen molar-refractivity contribution in [1.29, 1.82) is 0 Å². The van der Waals surface area contributed by atoms with Crippen LogP contribution in [0.5, 0.6) is 0 Å². The summed E-state index contributed by atoms with van der Waals surface area (Å²) in [5, 5.41) is 12.6. The highest BCUT2D eigenvalue weighted by Gasteiger charge is 2.22. The highest BCUT2D eigenvalue weighted by Crippen LogP contribution is 2.31. The quantitative estimate of drug-likeness (QED) is 0.794. The van der Waals surface area contributed by atoms with Crippen LogP contribution in [-0.4, -0.2) is 14.5 Å². The van der Waals surface area contributed by atoms with Gasteiger partial charge in [-0.15, -0.1) is 11.3 Å². The number of hydrogen-bond acceptors (Lipinski definition) is 3. The normalized spacial score (nSPS) is 13.7. The number of benzene rings is 1. The molecular formula is C17H20N2OS. The van der Waals surface area contributed by atoms with Crippen molar-refractivity contribution in [1.82, 2.24) is 9.38 Å². The first-order chi connectivity index (χ1) is 9.95. The van der Waals surface area contributed by atoms with Gasteiger partial charge in [0.1, 0.15) is 0 Å². The van der Waals surface area contributed by atoms with E-state index in [4.69, 9.17) is 0 Å². The van der Waals surface area contributed by atoms with Crippen LogP contribution in [0, 0.1) is 0 Å². The van der Waals surface area contributed by atoms with Crippen molar-refractivity contribution in [2.75, 3.05) is 0 Å². The van der Waals surface area contributed by atoms with Crippen LogP contribution in [0.25, 0.3) is 4.96 Å². The average Bonchev–Trinajstić information content (AvgIpc) is 2.98. The molecule has 0 aliphatic carbocycles.